The number of oxime groups is 1. The molecule has 9 heteroatoms. The predicted molar refractivity (Wildman–Crippen MR) is 111 cm³/mol. The molecule has 0 aliphatic carbocycles. The second-order valence-electron chi connectivity index (χ2n) is 6.33. The van der Waals surface area contributed by atoms with Gasteiger partial charge in [-0.05, 0) is 30.3 Å². The first-order valence-corrected chi connectivity index (χ1v) is 9.66. The highest BCUT2D eigenvalue weighted by Gasteiger charge is 2.21. The lowest BCUT2D eigenvalue weighted by Crippen LogP contribution is -2.36. The molecule has 0 amide bonds. The van der Waals surface area contributed by atoms with Crippen molar-refractivity contribution in [2.45, 2.75) is 6.42 Å². The summed E-state index contributed by atoms with van der Waals surface area (Å²) in [5, 5.41) is 16.0. The summed E-state index contributed by atoms with van der Waals surface area (Å²) >= 11 is 5.82. The van der Waals surface area contributed by atoms with Crippen LogP contribution in [-0.2, 0) is 9.57 Å². The molecule has 1 aliphatic heterocycles. The smallest absolute Gasteiger partial charge is 0.293 e. The SMILES string of the molecule is O=[N+]([O-])c1cc(/C=N\OCCCOc2ccc(Cl)cc2)ccc1N1CCOCC1. The Morgan fingerprint density at radius 1 is 1.17 bits per heavy atom. The van der Waals surface area contributed by atoms with Gasteiger partial charge in [-0.25, -0.2) is 0 Å². The van der Waals surface area contributed by atoms with Crippen molar-refractivity contribution in [2.75, 3.05) is 44.4 Å². The molecule has 0 radical (unpaired) electrons. The number of morpholine rings is 1. The maximum atomic E-state index is 11.5. The van der Waals surface area contributed by atoms with Crippen LogP contribution in [0.2, 0.25) is 5.02 Å². The summed E-state index contributed by atoms with van der Waals surface area (Å²) < 4.78 is 10.9. The number of nitrogens with zero attached hydrogens (tertiary/aromatic N) is 3. The van der Waals surface area contributed by atoms with Gasteiger partial charge in [0.2, 0.25) is 0 Å². The highest BCUT2D eigenvalue weighted by Crippen LogP contribution is 2.29. The summed E-state index contributed by atoms with van der Waals surface area (Å²) in [5.74, 6) is 0.741. The van der Waals surface area contributed by atoms with Gasteiger partial charge >= 0.3 is 0 Å². The Bertz CT molecular complexity index is 839. The van der Waals surface area contributed by atoms with E-state index < -0.39 is 0 Å². The van der Waals surface area contributed by atoms with E-state index in [0.29, 0.717) is 62.2 Å². The van der Waals surface area contributed by atoms with E-state index in [0.717, 1.165) is 5.75 Å². The number of benzene rings is 2. The van der Waals surface area contributed by atoms with Crippen molar-refractivity contribution in [1.82, 2.24) is 0 Å². The zero-order valence-corrected chi connectivity index (χ0v) is 16.6. The lowest BCUT2D eigenvalue weighted by Gasteiger charge is -2.28. The second-order valence-corrected chi connectivity index (χ2v) is 6.76. The molecule has 0 saturated carbocycles. The minimum absolute atomic E-state index is 0.0483. The molecule has 0 unspecified atom stereocenters. The van der Waals surface area contributed by atoms with Crippen molar-refractivity contribution in [2.24, 2.45) is 5.16 Å². The summed E-state index contributed by atoms with van der Waals surface area (Å²) in [6, 6.07) is 12.2. The molecule has 1 aliphatic rings. The Hall–Kier alpha value is -2.84. The number of anilines is 1. The van der Waals surface area contributed by atoms with E-state index in [1.54, 1.807) is 36.4 Å². The summed E-state index contributed by atoms with van der Waals surface area (Å²) in [6.07, 6.45) is 2.12. The molecule has 8 nitrogen and oxygen atoms in total. The quantitative estimate of drug-likeness (QED) is 0.265. The van der Waals surface area contributed by atoms with Gasteiger partial charge in [0.05, 0.1) is 31.0 Å². The predicted octanol–water partition coefficient (Wildman–Crippen LogP) is 3.90. The third kappa shape index (κ3) is 6.33. The number of nitro groups is 1. The van der Waals surface area contributed by atoms with E-state index in [9.17, 15) is 10.1 Å². The van der Waals surface area contributed by atoms with E-state index in [1.165, 1.54) is 12.3 Å². The van der Waals surface area contributed by atoms with Crippen LogP contribution in [-0.4, -0.2) is 50.7 Å². The van der Waals surface area contributed by atoms with E-state index >= 15 is 0 Å². The van der Waals surface area contributed by atoms with Gasteiger partial charge in [0.15, 0.2) is 0 Å². The van der Waals surface area contributed by atoms with Crippen LogP contribution in [0.4, 0.5) is 11.4 Å². The van der Waals surface area contributed by atoms with Gasteiger partial charge in [-0.1, -0.05) is 22.8 Å². The maximum Gasteiger partial charge on any atom is 0.293 e. The first-order valence-electron chi connectivity index (χ1n) is 9.28. The fraction of sp³-hybridized carbons (Fsp3) is 0.350. The highest BCUT2D eigenvalue weighted by atomic mass is 35.5. The fourth-order valence-corrected chi connectivity index (χ4v) is 2.96. The van der Waals surface area contributed by atoms with Gasteiger partial charge in [-0.15, -0.1) is 0 Å². The molecule has 154 valence electrons. The van der Waals surface area contributed by atoms with Crippen LogP contribution in [0.3, 0.4) is 0 Å². The van der Waals surface area contributed by atoms with Crippen LogP contribution in [0, 0.1) is 10.1 Å². The van der Waals surface area contributed by atoms with E-state index in [-0.39, 0.29) is 10.6 Å². The highest BCUT2D eigenvalue weighted by molar-refractivity contribution is 6.30. The largest absolute Gasteiger partial charge is 0.493 e. The van der Waals surface area contributed by atoms with Gasteiger partial charge in [0, 0.05) is 36.2 Å². The molecule has 0 bridgehead atoms. The summed E-state index contributed by atoms with van der Waals surface area (Å²) in [7, 11) is 0. The Morgan fingerprint density at radius 3 is 2.66 bits per heavy atom. The minimum Gasteiger partial charge on any atom is -0.493 e. The van der Waals surface area contributed by atoms with E-state index in [2.05, 4.69) is 5.16 Å². The normalized spacial score (nSPS) is 14.2. The Labute approximate surface area is 173 Å². The molecule has 3 rings (SSSR count). The minimum atomic E-state index is -0.378. The summed E-state index contributed by atoms with van der Waals surface area (Å²) in [4.78, 5) is 18.2. The van der Waals surface area contributed by atoms with Gasteiger partial charge in [0.25, 0.3) is 5.69 Å². The monoisotopic (exact) mass is 419 g/mol. The van der Waals surface area contributed by atoms with Gasteiger partial charge < -0.3 is 19.2 Å². The Balaban J connectivity index is 1.46. The molecule has 0 spiro atoms. The number of rotatable bonds is 9. The number of nitro benzene ring substituents is 1. The van der Waals surface area contributed by atoms with E-state index in [4.69, 9.17) is 25.9 Å². The average Bonchev–Trinajstić information content (AvgIpc) is 2.75. The Kier molecular flexibility index (Phi) is 7.66. The van der Waals surface area contributed by atoms with Crippen molar-refractivity contribution in [3.05, 3.63) is 63.2 Å². The van der Waals surface area contributed by atoms with Gasteiger partial charge in [-0.3, -0.25) is 10.1 Å². The van der Waals surface area contributed by atoms with Crippen LogP contribution in [0.15, 0.2) is 47.6 Å². The third-order valence-electron chi connectivity index (χ3n) is 4.29. The molecule has 2 aromatic rings. The van der Waals surface area contributed by atoms with Crippen LogP contribution < -0.4 is 9.64 Å². The van der Waals surface area contributed by atoms with Crippen molar-refractivity contribution in [3.8, 4) is 5.75 Å². The van der Waals surface area contributed by atoms with Crippen molar-refractivity contribution in [3.63, 3.8) is 0 Å². The maximum absolute atomic E-state index is 11.5. The van der Waals surface area contributed by atoms with Gasteiger partial charge in [0.1, 0.15) is 18.0 Å². The molecule has 29 heavy (non-hydrogen) atoms. The lowest BCUT2D eigenvalue weighted by molar-refractivity contribution is -0.384. The number of hydrogen-bond acceptors (Lipinski definition) is 7. The molecule has 2 aromatic carbocycles. The van der Waals surface area contributed by atoms with Crippen molar-refractivity contribution >= 4 is 29.2 Å². The first kappa shape index (κ1) is 20.9. The van der Waals surface area contributed by atoms with Crippen LogP contribution in [0.5, 0.6) is 5.75 Å². The molecule has 0 aromatic heterocycles. The van der Waals surface area contributed by atoms with Crippen molar-refractivity contribution in [1.29, 1.82) is 0 Å². The Morgan fingerprint density at radius 2 is 1.93 bits per heavy atom. The number of ether oxygens (including phenoxy) is 2. The second kappa shape index (κ2) is 10.6. The topological polar surface area (TPSA) is 86.4 Å². The van der Waals surface area contributed by atoms with E-state index in [1.807, 2.05) is 4.90 Å². The molecule has 0 atom stereocenters. The number of hydrogen-bond donors (Lipinski definition) is 0. The van der Waals surface area contributed by atoms with Crippen molar-refractivity contribution < 1.29 is 19.2 Å². The summed E-state index contributed by atoms with van der Waals surface area (Å²) in [5.41, 5.74) is 1.24. The van der Waals surface area contributed by atoms with Crippen LogP contribution in [0.25, 0.3) is 0 Å². The zero-order valence-electron chi connectivity index (χ0n) is 15.8. The molecule has 1 fully saturated rings. The average molecular weight is 420 g/mol. The molecule has 1 heterocycles. The van der Waals surface area contributed by atoms with Crippen LogP contribution in [0.1, 0.15) is 12.0 Å². The molecule has 0 N–H and O–H groups in total. The molecular formula is C20H22ClN3O5. The zero-order chi connectivity index (χ0) is 20.5. The van der Waals surface area contributed by atoms with Crippen LogP contribution >= 0.6 is 11.6 Å². The molecule has 1 saturated heterocycles. The number of halogens is 1. The third-order valence-corrected chi connectivity index (χ3v) is 4.54. The first-order chi connectivity index (χ1) is 14.1. The lowest BCUT2D eigenvalue weighted by atomic mass is 10.1. The summed E-state index contributed by atoms with van der Waals surface area (Å²) in [6.45, 7) is 3.26. The van der Waals surface area contributed by atoms with Gasteiger partial charge in [-0.2, -0.15) is 0 Å². The standard InChI is InChI=1S/C20H22ClN3O5/c21-17-3-5-18(6-4-17)28-10-1-11-29-22-15-16-2-7-19(20(14-16)24(25)26)23-8-12-27-13-9-23/h2-7,14-15H,1,8-13H2/b22-15-. The molecular weight excluding hydrogens is 398 g/mol. The fourth-order valence-electron chi connectivity index (χ4n) is 2.83.